The molecule has 0 spiro atoms. The molecule has 0 unspecified atom stereocenters. The van der Waals surface area contributed by atoms with Crippen molar-refractivity contribution in [3.63, 3.8) is 0 Å². The fraction of sp³-hybridized carbons (Fsp3) is 0.217. The van der Waals surface area contributed by atoms with Gasteiger partial charge in [0.15, 0.2) is 0 Å². The van der Waals surface area contributed by atoms with E-state index in [0.29, 0.717) is 13.1 Å². The molecule has 3 aromatic rings. The summed E-state index contributed by atoms with van der Waals surface area (Å²) in [6.45, 7) is 8.94. The Bertz CT molecular complexity index is 1050. The second-order valence-electron chi connectivity index (χ2n) is 7.16. The summed E-state index contributed by atoms with van der Waals surface area (Å²) in [5.74, 6) is -0.00241. The first-order valence-corrected chi connectivity index (χ1v) is 10.4. The number of aryl methyl sites for hydroxylation is 2. The molecule has 0 N–H and O–H groups in total. The highest BCUT2D eigenvalue weighted by molar-refractivity contribution is 7.16. The SMILES string of the molecule is C=CC(=O)N1Cc2sc(Cl)cc2[C@H](c2ccccc2-c2cc(C)cc(C)n2)C1. The van der Waals surface area contributed by atoms with Crippen LogP contribution in [-0.2, 0) is 11.3 Å². The van der Waals surface area contributed by atoms with Crippen LogP contribution in [0.15, 0.2) is 55.1 Å². The second kappa shape index (κ2) is 7.53. The second-order valence-corrected chi connectivity index (χ2v) is 8.93. The van der Waals surface area contributed by atoms with Crippen molar-refractivity contribution in [1.82, 2.24) is 9.88 Å². The Hall–Kier alpha value is -2.43. The lowest BCUT2D eigenvalue weighted by molar-refractivity contribution is -0.127. The molecule has 1 aliphatic rings. The van der Waals surface area contributed by atoms with Gasteiger partial charge in [0.05, 0.1) is 16.6 Å². The van der Waals surface area contributed by atoms with E-state index in [2.05, 4.69) is 37.8 Å². The van der Waals surface area contributed by atoms with Crippen molar-refractivity contribution in [3.8, 4) is 11.3 Å². The molecule has 0 aliphatic carbocycles. The van der Waals surface area contributed by atoms with E-state index < -0.39 is 0 Å². The smallest absolute Gasteiger partial charge is 0.246 e. The van der Waals surface area contributed by atoms with Gasteiger partial charge in [-0.05, 0) is 54.8 Å². The standard InChI is InChI=1S/C23H21ClN2OS/c1-4-23(27)26-12-19(18-11-22(24)28-21(18)13-26)16-7-5-6-8-17(16)20-10-14(2)9-15(3)25-20/h4-11,19H,1,12-13H2,2-3H3/t19-/m0/s1. The fourth-order valence-electron chi connectivity index (χ4n) is 3.96. The highest BCUT2D eigenvalue weighted by Crippen LogP contribution is 2.42. The Morgan fingerprint density at radius 2 is 2.04 bits per heavy atom. The number of halogens is 1. The molecule has 5 heteroatoms. The van der Waals surface area contributed by atoms with Gasteiger partial charge in [0.2, 0.25) is 5.91 Å². The monoisotopic (exact) mass is 408 g/mol. The summed E-state index contributed by atoms with van der Waals surface area (Å²) < 4.78 is 0.755. The van der Waals surface area contributed by atoms with Crippen LogP contribution in [0.1, 0.15) is 33.2 Å². The zero-order valence-corrected chi connectivity index (χ0v) is 17.5. The average molecular weight is 409 g/mol. The minimum Gasteiger partial charge on any atom is -0.333 e. The summed E-state index contributed by atoms with van der Waals surface area (Å²) in [4.78, 5) is 20.1. The van der Waals surface area contributed by atoms with Crippen LogP contribution in [0.25, 0.3) is 11.3 Å². The van der Waals surface area contributed by atoms with E-state index >= 15 is 0 Å². The van der Waals surface area contributed by atoms with Crippen LogP contribution in [0.5, 0.6) is 0 Å². The summed E-state index contributed by atoms with van der Waals surface area (Å²) in [5, 5.41) is 0. The molecule has 4 rings (SSSR count). The van der Waals surface area contributed by atoms with Gasteiger partial charge in [-0.1, -0.05) is 42.4 Å². The molecule has 3 nitrogen and oxygen atoms in total. The largest absolute Gasteiger partial charge is 0.333 e. The lowest BCUT2D eigenvalue weighted by Gasteiger charge is -2.33. The zero-order valence-electron chi connectivity index (χ0n) is 15.9. The van der Waals surface area contributed by atoms with E-state index in [4.69, 9.17) is 16.6 Å². The summed E-state index contributed by atoms with van der Waals surface area (Å²) in [6.07, 6.45) is 1.38. The van der Waals surface area contributed by atoms with Crippen molar-refractivity contribution in [2.24, 2.45) is 0 Å². The van der Waals surface area contributed by atoms with Gasteiger partial charge in [0.25, 0.3) is 0 Å². The van der Waals surface area contributed by atoms with E-state index in [0.717, 1.165) is 31.7 Å². The summed E-state index contributed by atoms with van der Waals surface area (Å²) in [7, 11) is 0. The van der Waals surface area contributed by atoms with Gasteiger partial charge in [0.1, 0.15) is 0 Å². The number of nitrogens with zero attached hydrogens (tertiary/aromatic N) is 2. The van der Waals surface area contributed by atoms with Gasteiger partial charge < -0.3 is 4.90 Å². The van der Waals surface area contributed by atoms with Crippen molar-refractivity contribution < 1.29 is 4.79 Å². The predicted molar refractivity (Wildman–Crippen MR) is 116 cm³/mol. The van der Waals surface area contributed by atoms with E-state index in [1.54, 1.807) is 11.3 Å². The van der Waals surface area contributed by atoms with Gasteiger partial charge in [-0.25, -0.2) is 0 Å². The molecule has 142 valence electrons. The summed E-state index contributed by atoms with van der Waals surface area (Å²) in [5.41, 5.74) is 6.61. The van der Waals surface area contributed by atoms with Crippen molar-refractivity contribution in [2.45, 2.75) is 26.3 Å². The molecule has 0 saturated heterocycles. The lowest BCUT2D eigenvalue weighted by Crippen LogP contribution is -2.37. The molecule has 0 radical (unpaired) electrons. The molecule has 1 aromatic carbocycles. The van der Waals surface area contributed by atoms with Crippen LogP contribution < -0.4 is 0 Å². The van der Waals surface area contributed by atoms with E-state index in [1.807, 2.05) is 30.0 Å². The van der Waals surface area contributed by atoms with Crippen LogP contribution >= 0.6 is 22.9 Å². The van der Waals surface area contributed by atoms with Gasteiger partial charge in [-0.2, -0.15) is 0 Å². The lowest BCUT2D eigenvalue weighted by atomic mass is 9.84. The van der Waals surface area contributed by atoms with Gasteiger partial charge in [-0.15, -0.1) is 11.3 Å². The van der Waals surface area contributed by atoms with Crippen LogP contribution in [0, 0.1) is 13.8 Å². The Morgan fingerprint density at radius 1 is 1.25 bits per heavy atom. The summed E-state index contributed by atoms with van der Waals surface area (Å²) in [6, 6.07) is 14.6. The number of carbonyl (C=O) groups excluding carboxylic acids is 1. The Labute approximate surface area is 174 Å². The van der Waals surface area contributed by atoms with Crippen molar-refractivity contribution in [1.29, 1.82) is 0 Å². The van der Waals surface area contributed by atoms with Crippen molar-refractivity contribution in [2.75, 3.05) is 6.54 Å². The Kier molecular flexibility index (Phi) is 5.09. The minimum absolute atomic E-state index is 0.0511. The maximum absolute atomic E-state index is 12.4. The fourth-order valence-corrected chi connectivity index (χ4v) is 5.32. The predicted octanol–water partition coefficient (Wildman–Crippen LogP) is 5.74. The topological polar surface area (TPSA) is 33.2 Å². The molecule has 1 amide bonds. The molecule has 1 aliphatic heterocycles. The van der Waals surface area contributed by atoms with Gasteiger partial charge >= 0.3 is 0 Å². The van der Waals surface area contributed by atoms with Gasteiger partial charge in [-0.3, -0.25) is 9.78 Å². The van der Waals surface area contributed by atoms with Gasteiger partial charge in [0, 0.05) is 28.6 Å². The first kappa shape index (κ1) is 18.9. The van der Waals surface area contributed by atoms with Crippen molar-refractivity contribution in [3.05, 3.63) is 86.7 Å². The van der Waals surface area contributed by atoms with Crippen molar-refractivity contribution >= 4 is 28.8 Å². The zero-order chi connectivity index (χ0) is 19.8. The highest BCUT2D eigenvalue weighted by Gasteiger charge is 2.31. The average Bonchev–Trinajstić information content (AvgIpc) is 3.06. The number of benzene rings is 1. The number of aromatic nitrogens is 1. The Morgan fingerprint density at radius 3 is 2.79 bits per heavy atom. The van der Waals surface area contributed by atoms with Crippen LogP contribution in [0.4, 0.5) is 0 Å². The molecule has 28 heavy (non-hydrogen) atoms. The number of hydrogen-bond acceptors (Lipinski definition) is 3. The first-order chi connectivity index (χ1) is 13.5. The number of amides is 1. The number of carbonyl (C=O) groups is 1. The van der Waals surface area contributed by atoms with E-state index in [1.165, 1.54) is 17.2 Å². The van der Waals surface area contributed by atoms with Crippen LogP contribution in [0.3, 0.4) is 0 Å². The third-order valence-electron chi connectivity index (χ3n) is 5.12. The number of fused-ring (bicyclic) bond motifs is 1. The van der Waals surface area contributed by atoms with Crippen LogP contribution in [-0.4, -0.2) is 22.3 Å². The van der Waals surface area contributed by atoms with Crippen LogP contribution in [0.2, 0.25) is 4.34 Å². The normalized spacial score (nSPS) is 16.0. The molecule has 2 aromatic heterocycles. The molecular formula is C23H21ClN2OS. The maximum atomic E-state index is 12.4. The molecule has 0 bridgehead atoms. The third kappa shape index (κ3) is 3.50. The van der Waals surface area contributed by atoms with E-state index in [-0.39, 0.29) is 11.8 Å². The quantitative estimate of drug-likeness (QED) is 0.517. The highest BCUT2D eigenvalue weighted by atomic mass is 35.5. The number of thiophene rings is 1. The molecule has 0 saturated carbocycles. The molecule has 1 atom stereocenters. The van der Waals surface area contributed by atoms with E-state index in [9.17, 15) is 4.79 Å². The minimum atomic E-state index is -0.0535. The maximum Gasteiger partial charge on any atom is 0.246 e. The molecular weight excluding hydrogens is 388 g/mol. The Balaban J connectivity index is 1.86. The number of pyridine rings is 1. The number of hydrogen-bond donors (Lipinski definition) is 0. The molecule has 0 fully saturated rings. The number of rotatable bonds is 3. The summed E-state index contributed by atoms with van der Waals surface area (Å²) >= 11 is 7.89. The molecule has 3 heterocycles. The first-order valence-electron chi connectivity index (χ1n) is 9.20. The third-order valence-corrected chi connectivity index (χ3v) is 6.39.